The molecule has 0 aromatic carbocycles. The maximum absolute atomic E-state index is 11.4. The molecule has 0 aliphatic rings. The highest BCUT2D eigenvalue weighted by Gasteiger charge is 2.24. The number of amides is 1. The fraction of sp³-hybridized carbons (Fsp3) is 0.846. The van der Waals surface area contributed by atoms with Gasteiger partial charge in [0, 0.05) is 0 Å². The minimum atomic E-state index is -1.04. The third-order valence-corrected chi connectivity index (χ3v) is 1.70. The van der Waals surface area contributed by atoms with E-state index in [1.807, 2.05) is 27.7 Å². The number of hydrogen-bond acceptors (Lipinski definition) is 3. The molecular weight excluding hydrogens is 234 g/mol. The van der Waals surface area contributed by atoms with Crippen molar-refractivity contribution in [2.45, 2.75) is 66.5 Å². The summed E-state index contributed by atoms with van der Waals surface area (Å²) in [6.07, 6.45) is -0.310. The van der Waals surface area contributed by atoms with Crippen LogP contribution in [-0.4, -0.2) is 28.8 Å². The fourth-order valence-electron chi connectivity index (χ4n) is 1.14. The molecule has 1 atom stereocenters. The number of ether oxygens (including phenoxy) is 1. The van der Waals surface area contributed by atoms with Crippen LogP contribution >= 0.6 is 0 Å². The van der Waals surface area contributed by atoms with Crippen molar-refractivity contribution >= 4 is 12.1 Å². The molecule has 5 heteroatoms. The minimum Gasteiger partial charge on any atom is -0.480 e. The standard InChI is InChI=1S/C11H21NO4.C2H6/c1-7(2)6-8(9(13)14)12-10(15)16-11(3,4)5;1-2/h7-8H,6H2,1-5H3,(H,12,15)(H,13,14);1-2H3. The lowest BCUT2D eigenvalue weighted by molar-refractivity contribution is -0.139. The zero-order valence-corrected chi connectivity index (χ0v) is 12.5. The van der Waals surface area contributed by atoms with Crippen LogP contribution in [-0.2, 0) is 9.53 Å². The molecule has 0 fully saturated rings. The van der Waals surface area contributed by atoms with E-state index in [4.69, 9.17) is 9.84 Å². The molecule has 2 N–H and O–H groups in total. The van der Waals surface area contributed by atoms with Gasteiger partial charge in [-0.2, -0.15) is 0 Å². The van der Waals surface area contributed by atoms with Crippen LogP contribution in [0.5, 0.6) is 0 Å². The van der Waals surface area contributed by atoms with Crippen LogP contribution < -0.4 is 5.32 Å². The highest BCUT2D eigenvalue weighted by molar-refractivity contribution is 5.79. The van der Waals surface area contributed by atoms with Gasteiger partial charge in [0.25, 0.3) is 0 Å². The van der Waals surface area contributed by atoms with E-state index in [0.29, 0.717) is 6.42 Å². The van der Waals surface area contributed by atoms with E-state index in [1.54, 1.807) is 20.8 Å². The van der Waals surface area contributed by atoms with Gasteiger partial charge >= 0.3 is 12.1 Å². The third-order valence-electron chi connectivity index (χ3n) is 1.70. The molecule has 0 saturated heterocycles. The van der Waals surface area contributed by atoms with E-state index in [0.717, 1.165) is 0 Å². The molecule has 108 valence electrons. The Kier molecular flexibility index (Phi) is 9.31. The summed E-state index contributed by atoms with van der Waals surface area (Å²) in [7, 11) is 0. The van der Waals surface area contributed by atoms with E-state index in [1.165, 1.54) is 0 Å². The van der Waals surface area contributed by atoms with Crippen LogP contribution in [0.25, 0.3) is 0 Å². The van der Waals surface area contributed by atoms with E-state index >= 15 is 0 Å². The van der Waals surface area contributed by atoms with Gasteiger partial charge in [-0.15, -0.1) is 0 Å². The Hall–Kier alpha value is -1.26. The van der Waals surface area contributed by atoms with Crippen molar-refractivity contribution in [2.75, 3.05) is 0 Å². The maximum Gasteiger partial charge on any atom is 0.408 e. The molecule has 0 aliphatic carbocycles. The van der Waals surface area contributed by atoms with Crippen molar-refractivity contribution in [3.8, 4) is 0 Å². The van der Waals surface area contributed by atoms with Crippen LogP contribution in [0.4, 0.5) is 4.79 Å². The molecule has 0 rings (SSSR count). The molecule has 1 amide bonds. The van der Waals surface area contributed by atoms with Crippen molar-refractivity contribution in [1.82, 2.24) is 5.32 Å². The predicted octanol–water partition coefficient (Wildman–Crippen LogP) is 3.04. The van der Waals surface area contributed by atoms with Crippen LogP contribution in [0.3, 0.4) is 0 Å². The lowest BCUT2D eigenvalue weighted by Crippen LogP contribution is -2.44. The summed E-state index contributed by atoms with van der Waals surface area (Å²) >= 11 is 0. The first-order chi connectivity index (χ1) is 8.11. The molecule has 0 heterocycles. The van der Waals surface area contributed by atoms with E-state index < -0.39 is 23.7 Å². The van der Waals surface area contributed by atoms with Crippen molar-refractivity contribution in [2.24, 2.45) is 5.92 Å². The summed E-state index contributed by atoms with van der Waals surface area (Å²) < 4.78 is 4.99. The molecule has 18 heavy (non-hydrogen) atoms. The number of carboxylic acid groups (broad SMARTS) is 1. The fourth-order valence-corrected chi connectivity index (χ4v) is 1.14. The van der Waals surface area contributed by atoms with Crippen molar-refractivity contribution in [1.29, 1.82) is 0 Å². The molecule has 0 aromatic heterocycles. The Balaban J connectivity index is 0. The maximum atomic E-state index is 11.4. The van der Waals surface area contributed by atoms with Crippen molar-refractivity contribution < 1.29 is 19.4 Å². The molecule has 1 unspecified atom stereocenters. The smallest absolute Gasteiger partial charge is 0.408 e. The van der Waals surface area contributed by atoms with Gasteiger partial charge in [-0.3, -0.25) is 0 Å². The average molecular weight is 261 g/mol. The van der Waals surface area contributed by atoms with E-state index in [2.05, 4.69) is 5.32 Å². The summed E-state index contributed by atoms with van der Waals surface area (Å²) in [6.45, 7) is 13.0. The van der Waals surface area contributed by atoms with Gasteiger partial charge in [0.05, 0.1) is 0 Å². The van der Waals surface area contributed by atoms with Gasteiger partial charge in [-0.1, -0.05) is 27.7 Å². The first kappa shape index (κ1) is 19.1. The summed E-state index contributed by atoms with van der Waals surface area (Å²) in [5.41, 5.74) is -0.620. The highest BCUT2D eigenvalue weighted by atomic mass is 16.6. The number of hydrogen-bond donors (Lipinski definition) is 2. The number of aliphatic carboxylic acids is 1. The molecule has 0 spiro atoms. The van der Waals surface area contributed by atoms with Gasteiger partial charge < -0.3 is 15.2 Å². The second kappa shape index (κ2) is 8.78. The second-order valence-corrected chi connectivity index (χ2v) is 5.17. The molecule has 0 bridgehead atoms. The van der Waals surface area contributed by atoms with Crippen LogP contribution in [0.15, 0.2) is 0 Å². The van der Waals surface area contributed by atoms with Crippen LogP contribution in [0.1, 0.15) is 54.9 Å². The molecule has 5 nitrogen and oxygen atoms in total. The summed E-state index contributed by atoms with van der Waals surface area (Å²) in [4.78, 5) is 22.2. The van der Waals surface area contributed by atoms with Gasteiger partial charge in [0.15, 0.2) is 0 Å². The Morgan fingerprint density at radius 1 is 1.22 bits per heavy atom. The van der Waals surface area contributed by atoms with Crippen LogP contribution in [0.2, 0.25) is 0 Å². The monoisotopic (exact) mass is 261 g/mol. The Labute approximate surface area is 110 Å². The lowest BCUT2D eigenvalue weighted by Gasteiger charge is -2.22. The van der Waals surface area contributed by atoms with Crippen molar-refractivity contribution in [3.63, 3.8) is 0 Å². The third kappa shape index (κ3) is 11.2. The molecular formula is C13H27NO4. The summed E-state index contributed by atoms with van der Waals surface area (Å²) in [5.74, 6) is -0.851. The number of nitrogens with one attached hydrogen (secondary N) is 1. The second-order valence-electron chi connectivity index (χ2n) is 5.17. The van der Waals surface area contributed by atoms with Crippen LogP contribution in [0, 0.1) is 5.92 Å². The summed E-state index contributed by atoms with van der Waals surface area (Å²) in [5, 5.41) is 11.2. The number of carbonyl (C=O) groups excluding carboxylic acids is 1. The van der Waals surface area contributed by atoms with Gasteiger partial charge in [0.2, 0.25) is 0 Å². The lowest BCUT2D eigenvalue weighted by atomic mass is 10.0. The number of rotatable bonds is 4. The predicted molar refractivity (Wildman–Crippen MR) is 71.6 cm³/mol. The topological polar surface area (TPSA) is 75.6 Å². The van der Waals surface area contributed by atoms with E-state index in [-0.39, 0.29) is 5.92 Å². The normalized spacial score (nSPS) is 12.2. The molecule has 0 saturated carbocycles. The zero-order chi connectivity index (χ0) is 14.9. The molecule has 0 aromatic rings. The summed E-state index contributed by atoms with van der Waals surface area (Å²) in [6, 6.07) is -0.894. The first-order valence-corrected chi connectivity index (χ1v) is 6.34. The SMILES string of the molecule is CC.CC(C)CC(NC(=O)OC(C)(C)C)C(=O)O. The Morgan fingerprint density at radius 2 is 1.67 bits per heavy atom. The number of alkyl carbamates (subject to hydrolysis) is 1. The Bertz CT molecular complexity index is 256. The number of carbonyl (C=O) groups is 2. The zero-order valence-electron chi connectivity index (χ0n) is 12.5. The van der Waals surface area contributed by atoms with Crippen molar-refractivity contribution in [3.05, 3.63) is 0 Å². The van der Waals surface area contributed by atoms with Gasteiger partial charge in [-0.25, -0.2) is 9.59 Å². The average Bonchev–Trinajstić information content (AvgIpc) is 2.16. The quantitative estimate of drug-likeness (QED) is 0.815. The molecule has 0 radical (unpaired) electrons. The number of carboxylic acids is 1. The van der Waals surface area contributed by atoms with E-state index in [9.17, 15) is 9.59 Å². The first-order valence-electron chi connectivity index (χ1n) is 6.34. The molecule has 0 aliphatic heterocycles. The highest BCUT2D eigenvalue weighted by Crippen LogP contribution is 2.09. The minimum absolute atomic E-state index is 0.191. The largest absolute Gasteiger partial charge is 0.480 e. The van der Waals surface area contributed by atoms with Gasteiger partial charge in [-0.05, 0) is 33.1 Å². The van der Waals surface area contributed by atoms with Gasteiger partial charge in [0.1, 0.15) is 11.6 Å². The Morgan fingerprint density at radius 3 is 1.94 bits per heavy atom.